The van der Waals surface area contributed by atoms with Gasteiger partial charge in [0.1, 0.15) is 5.82 Å². The Morgan fingerprint density at radius 3 is 2.76 bits per heavy atom. The highest BCUT2D eigenvalue weighted by Gasteiger charge is 2.29. The number of rotatable bonds is 5. The zero-order valence-electron chi connectivity index (χ0n) is 9.50. The van der Waals surface area contributed by atoms with Crippen molar-refractivity contribution in [3.05, 3.63) is 29.6 Å². The second kappa shape index (κ2) is 5.37. The summed E-state index contributed by atoms with van der Waals surface area (Å²) in [7, 11) is 0. The zero-order chi connectivity index (χ0) is 12.3. The minimum atomic E-state index is -0.263. The summed E-state index contributed by atoms with van der Waals surface area (Å²) in [6.45, 7) is 0.659. The Hall–Kier alpha value is -1.27. The van der Waals surface area contributed by atoms with E-state index in [1.807, 2.05) is 6.07 Å². The highest BCUT2D eigenvalue weighted by atomic mass is 35.5. The third-order valence-electron chi connectivity index (χ3n) is 2.88. The average molecular weight is 253 g/mol. The fourth-order valence-corrected chi connectivity index (χ4v) is 2.11. The molecule has 0 bridgehead atoms. The molecule has 1 aromatic rings. The van der Waals surface area contributed by atoms with Gasteiger partial charge in [0.15, 0.2) is 0 Å². The van der Waals surface area contributed by atoms with Crippen molar-refractivity contribution in [3.63, 3.8) is 0 Å². The lowest BCUT2D eigenvalue weighted by atomic mass is 10.2. The lowest BCUT2D eigenvalue weighted by Gasteiger charge is -2.24. The highest BCUT2D eigenvalue weighted by molar-refractivity contribution is 6.17. The number of halogens is 2. The van der Waals surface area contributed by atoms with Gasteiger partial charge in [-0.25, -0.2) is 4.39 Å². The Morgan fingerprint density at radius 2 is 2.18 bits per heavy atom. The second-order valence-corrected chi connectivity index (χ2v) is 4.55. The molecule has 1 aromatic carbocycles. The summed E-state index contributed by atoms with van der Waals surface area (Å²) in [4.78, 5) is 2.11. The van der Waals surface area contributed by atoms with Gasteiger partial charge in [-0.2, -0.15) is 5.26 Å². The predicted molar refractivity (Wildman–Crippen MR) is 66.6 cm³/mol. The second-order valence-electron chi connectivity index (χ2n) is 4.28. The van der Waals surface area contributed by atoms with Gasteiger partial charge in [0.2, 0.25) is 0 Å². The lowest BCUT2D eigenvalue weighted by Crippen LogP contribution is -2.26. The summed E-state index contributed by atoms with van der Waals surface area (Å²) in [6, 6.07) is 7.48. The molecule has 0 N–H and O–H groups in total. The Balaban J connectivity index is 2.22. The first-order chi connectivity index (χ1) is 8.24. The van der Waals surface area contributed by atoms with E-state index in [0.29, 0.717) is 24.9 Å². The van der Waals surface area contributed by atoms with Crippen molar-refractivity contribution >= 4 is 17.3 Å². The monoisotopic (exact) mass is 252 g/mol. The van der Waals surface area contributed by atoms with Crippen molar-refractivity contribution < 1.29 is 4.39 Å². The van der Waals surface area contributed by atoms with E-state index in [9.17, 15) is 4.39 Å². The van der Waals surface area contributed by atoms with Crippen molar-refractivity contribution in [2.75, 3.05) is 11.4 Å². The first-order valence-corrected chi connectivity index (χ1v) is 6.27. The van der Waals surface area contributed by atoms with Crippen molar-refractivity contribution in [1.82, 2.24) is 0 Å². The number of benzene rings is 1. The summed E-state index contributed by atoms with van der Waals surface area (Å²) in [6.07, 6.45) is 2.71. The molecule has 0 saturated heterocycles. The Labute approximate surface area is 106 Å². The van der Waals surface area contributed by atoms with Crippen LogP contribution in [-0.4, -0.2) is 12.6 Å². The molecule has 1 aliphatic carbocycles. The number of nitriles is 1. The smallest absolute Gasteiger partial charge is 0.125 e. The molecule has 1 saturated carbocycles. The Kier molecular flexibility index (Phi) is 3.86. The molecule has 0 unspecified atom stereocenters. The molecule has 1 fully saturated rings. The van der Waals surface area contributed by atoms with Crippen LogP contribution < -0.4 is 4.90 Å². The van der Waals surface area contributed by atoms with Crippen molar-refractivity contribution in [3.8, 4) is 6.07 Å². The molecule has 0 heterocycles. The van der Waals surface area contributed by atoms with E-state index >= 15 is 0 Å². The third-order valence-corrected chi connectivity index (χ3v) is 3.19. The molecular formula is C13H14ClFN2. The number of nitrogens with zero attached hydrogens (tertiary/aromatic N) is 2. The molecule has 0 aromatic heterocycles. The SMILES string of the molecule is N#CCCN(c1cc(F)cc(CCl)c1)C1CC1. The van der Waals surface area contributed by atoms with E-state index in [-0.39, 0.29) is 5.82 Å². The maximum Gasteiger partial charge on any atom is 0.125 e. The predicted octanol–water partition coefficient (Wildman–Crippen LogP) is 3.45. The number of alkyl halides is 1. The summed E-state index contributed by atoms with van der Waals surface area (Å²) in [5.41, 5.74) is 1.63. The first kappa shape index (κ1) is 12.2. The molecule has 0 spiro atoms. The van der Waals surface area contributed by atoms with Gasteiger partial charge in [-0.1, -0.05) is 0 Å². The fraction of sp³-hybridized carbons (Fsp3) is 0.462. The van der Waals surface area contributed by atoms with Crippen LogP contribution in [0.15, 0.2) is 18.2 Å². The molecule has 1 aliphatic rings. The molecule has 0 radical (unpaired) electrons. The molecule has 17 heavy (non-hydrogen) atoms. The zero-order valence-corrected chi connectivity index (χ0v) is 10.3. The van der Waals surface area contributed by atoms with E-state index in [1.54, 1.807) is 0 Å². The molecule has 0 atom stereocenters. The van der Waals surface area contributed by atoms with Gasteiger partial charge in [-0.3, -0.25) is 0 Å². The summed E-state index contributed by atoms with van der Waals surface area (Å²) in [5, 5.41) is 8.65. The minimum Gasteiger partial charge on any atom is -0.367 e. The van der Waals surface area contributed by atoms with Gasteiger partial charge in [0.05, 0.1) is 12.5 Å². The van der Waals surface area contributed by atoms with Crippen LogP contribution in [0.1, 0.15) is 24.8 Å². The topological polar surface area (TPSA) is 27.0 Å². The normalized spacial score (nSPS) is 14.4. The minimum absolute atomic E-state index is 0.263. The molecule has 0 amide bonds. The van der Waals surface area contributed by atoms with E-state index in [1.165, 1.54) is 12.1 Å². The Bertz CT molecular complexity index is 438. The van der Waals surface area contributed by atoms with Crippen LogP contribution in [0.3, 0.4) is 0 Å². The first-order valence-electron chi connectivity index (χ1n) is 5.73. The van der Waals surface area contributed by atoms with Crippen molar-refractivity contribution in [2.45, 2.75) is 31.2 Å². The average Bonchev–Trinajstić information content (AvgIpc) is 3.13. The maximum absolute atomic E-state index is 13.4. The van der Waals surface area contributed by atoms with Crippen LogP contribution in [0.25, 0.3) is 0 Å². The lowest BCUT2D eigenvalue weighted by molar-refractivity contribution is 0.624. The van der Waals surface area contributed by atoms with Crippen LogP contribution in [-0.2, 0) is 5.88 Å². The van der Waals surface area contributed by atoms with Gasteiger partial charge in [-0.05, 0) is 36.6 Å². The van der Waals surface area contributed by atoms with E-state index in [0.717, 1.165) is 24.1 Å². The largest absolute Gasteiger partial charge is 0.367 e. The van der Waals surface area contributed by atoms with Crippen LogP contribution in [0.4, 0.5) is 10.1 Å². The van der Waals surface area contributed by atoms with Gasteiger partial charge in [0, 0.05) is 24.2 Å². The van der Waals surface area contributed by atoms with Crippen LogP contribution in [0.5, 0.6) is 0 Å². The number of hydrogen-bond donors (Lipinski definition) is 0. The quantitative estimate of drug-likeness (QED) is 0.751. The molecule has 4 heteroatoms. The van der Waals surface area contributed by atoms with Crippen molar-refractivity contribution in [1.29, 1.82) is 5.26 Å². The maximum atomic E-state index is 13.4. The summed E-state index contributed by atoms with van der Waals surface area (Å²) < 4.78 is 13.4. The fourth-order valence-electron chi connectivity index (χ4n) is 1.96. The van der Waals surface area contributed by atoms with Gasteiger partial charge < -0.3 is 4.90 Å². The van der Waals surface area contributed by atoms with E-state index in [4.69, 9.17) is 16.9 Å². The summed E-state index contributed by atoms with van der Waals surface area (Å²) >= 11 is 5.74. The van der Waals surface area contributed by atoms with Gasteiger partial charge in [0.25, 0.3) is 0 Å². The highest BCUT2D eigenvalue weighted by Crippen LogP contribution is 2.32. The summed E-state index contributed by atoms with van der Waals surface area (Å²) in [5.74, 6) is 0.0439. The van der Waals surface area contributed by atoms with Crippen LogP contribution in [0.2, 0.25) is 0 Å². The van der Waals surface area contributed by atoms with Crippen molar-refractivity contribution in [2.24, 2.45) is 0 Å². The van der Waals surface area contributed by atoms with Crippen LogP contribution in [0, 0.1) is 17.1 Å². The standard InChI is InChI=1S/C13H14ClFN2/c14-9-10-6-11(15)8-13(7-10)17(5-1-4-16)12-2-3-12/h6-8,12H,1-3,5,9H2. The third kappa shape index (κ3) is 3.10. The van der Waals surface area contributed by atoms with E-state index < -0.39 is 0 Å². The molecule has 90 valence electrons. The molecular weight excluding hydrogens is 239 g/mol. The van der Waals surface area contributed by atoms with Gasteiger partial charge >= 0.3 is 0 Å². The van der Waals surface area contributed by atoms with Crippen LogP contribution >= 0.6 is 11.6 Å². The Morgan fingerprint density at radius 1 is 1.41 bits per heavy atom. The molecule has 0 aliphatic heterocycles. The number of hydrogen-bond acceptors (Lipinski definition) is 2. The molecule has 2 rings (SSSR count). The number of anilines is 1. The molecule has 2 nitrogen and oxygen atoms in total. The van der Waals surface area contributed by atoms with Gasteiger partial charge in [-0.15, -0.1) is 11.6 Å². The van der Waals surface area contributed by atoms with E-state index in [2.05, 4.69) is 11.0 Å².